The SMILES string of the molecule is O=C(Nc1nc2c(s1)COCC2)c1cnccn1. The molecule has 18 heavy (non-hydrogen) atoms. The number of nitrogens with one attached hydrogen (secondary N) is 1. The molecule has 0 atom stereocenters. The second-order valence-corrected chi connectivity index (χ2v) is 4.82. The molecule has 3 heterocycles. The van der Waals surface area contributed by atoms with Crippen molar-refractivity contribution in [2.24, 2.45) is 0 Å². The molecule has 0 aliphatic carbocycles. The molecule has 1 N–H and O–H groups in total. The maximum atomic E-state index is 11.8. The molecule has 1 aliphatic rings. The van der Waals surface area contributed by atoms with Crippen molar-refractivity contribution in [2.75, 3.05) is 11.9 Å². The molecule has 0 radical (unpaired) electrons. The van der Waals surface area contributed by atoms with Gasteiger partial charge >= 0.3 is 0 Å². The number of thiazole rings is 1. The van der Waals surface area contributed by atoms with Gasteiger partial charge in [-0.25, -0.2) is 9.97 Å². The topological polar surface area (TPSA) is 77.0 Å². The van der Waals surface area contributed by atoms with Crippen LogP contribution in [0.5, 0.6) is 0 Å². The summed E-state index contributed by atoms with van der Waals surface area (Å²) in [4.78, 5) is 25.1. The van der Waals surface area contributed by atoms with Crippen LogP contribution in [0.2, 0.25) is 0 Å². The molecular formula is C11H10N4O2S. The summed E-state index contributed by atoms with van der Waals surface area (Å²) in [7, 11) is 0. The van der Waals surface area contributed by atoms with Crippen LogP contribution in [0.1, 0.15) is 21.1 Å². The monoisotopic (exact) mass is 262 g/mol. The largest absolute Gasteiger partial charge is 0.375 e. The summed E-state index contributed by atoms with van der Waals surface area (Å²) in [6.07, 6.45) is 5.23. The standard InChI is InChI=1S/C11H10N4O2S/c16-10(8-5-12-2-3-13-8)15-11-14-7-1-4-17-6-9(7)18-11/h2-3,5H,1,4,6H2,(H,14,15,16). The number of carbonyl (C=O) groups excluding carboxylic acids is 1. The van der Waals surface area contributed by atoms with Crippen molar-refractivity contribution in [3.8, 4) is 0 Å². The van der Waals surface area contributed by atoms with E-state index in [2.05, 4.69) is 20.3 Å². The third-order valence-electron chi connectivity index (χ3n) is 2.51. The minimum atomic E-state index is -0.296. The number of fused-ring (bicyclic) bond motifs is 1. The Morgan fingerprint density at radius 2 is 2.39 bits per heavy atom. The number of carbonyl (C=O) groups is 1. The van der Waals surface area contributed by atoms with E-state index in [9.17, 15) is 4.79 Å². The number of hydrogen-bond donors (Lipinski definition) is 1. The van der Waals surface area contributed by atoms with Crippen LogP contribution in [0.15, 0.2) is 18.6 Å². The lowest BCUT2D eigenvalue weighted by molar-refractivity contribution is 0.102. The zero-order chi connectivity index (χ0) is 12.4. The van der Waals surface area contributed by atoms with Gasteiger partial charge in [-0.05, 0) is 0 Å². The van der Waals surface area contributed by atoms with Gasteiger partial charge in [0.15, 0.2) is 5.13 Å². The van der Waals surface area contributed by atoms with Gasteiger partial charge in [-0.3, -0.25) is 15.1 Å². The summed E-state index contributed by atoms with van der Waals surface area (Å²) in [5.74, 6) is -0.296. The van der Waals surface area contributed by atoms with Crippen molar-refractivity contribution in [2.45, 2.75) is 13.0 Å². The van der Waals surface area contributed by atoms with E-state index < -0.39 is 0 Å². The molecule has 2 aromatic rings. The second kappa shape index (κ2) is 4.79. The second-order valence-electron chi connectivity index (χ2n) is 3.74. The first-order valence-electron chi connectivity index (χ1n) is 5.46. The lowest BCUT2D eigenvalue weighted by atomic mass is 10.2. The van der Waals surface area contributed by atoms with Gasteiger partial charge in [0, 0.05) is 18.8 Å². The first kappa shape index (κ1) is 11.2. The van der Waals surface area contributed by atoms with E-state index in [-0.39, 0.29) is 11.6 Å². The van der Waals surface area contributed by atoms with Crippen LogP contribution in [-0.4, -0.2) is 27.5 Å². The highest BCUT2D eigenvalue weighted by Crippen LogP contribution is 2.27. The quantitative estimate of drug-likeness (QED) is 0.881. The Hall–Kier alpha value is -1.86. The molecule has 0 unspecified atom stereocenters. The van der Waals surface area contributed by atoms with E-state index in [1.54, 1.807) is 0 Å². The van der Waals surface area contributed by atoms with Gasteiger partial charge in [0.05, 0.1) is 30.0 Å². The normalized spacial score (nSPS) is 14.0. The first-order valence-corrected chi connectivity index (χ1v) is 6.28. The van der Waals surface area contributed by atoms with E-state index in [4.69, 9.17) is 4.74 Å². The van der Waals surface area contributed by atoms with Crippen molar-refractivity contribution in [3.05, 3.63) is 34.9 Å². The molecule has 0 saturated carbocycles. The van der Waals surface area contributed by atoms with Gasteiger partial charge in [-0.1, -0.05) is 11.3 Å². The Bertz CT molecular complexity index is 546. The van der Waals surface area contributed by atoms with Crippen LogP contribution in [0.4, 0.5) is 5.13 Å². The average Bonchev–Trinajstić information content (AvgIpc) is 2.82. The predicted octanol–water partition coefficient (Wildman–Crippen LogP) is 1.26. The van der Waals surface area contributed by atoms with Gasteiger partial charge in [-0.15, -0.1) is 0 Å². The lowest BCUT2D eigenvalue weighted by Crippen LogP contribution is -2.13. The summed E-state index contributed by atoms with van der Waals surface area (Å²) in [5.41, 5.74) is 1.29. The molecule has 7 heteroatoms. The maximum absolute atomic E-state index is 11.8. The van der Waals surface area contributed by atoms with E-state index in [0.717, 1.165) is 17.0 Å². The maximum Gasteiger partial charge on any atom is 0.277 e. The van der Waals surface area contributed by atoms with Crippen LogP contribution in [0, 0.1) is 0 Å². The summed E-state index contributed by atoms with van der Waals surface area (Å²) in [5, 5.41) is 3.31. The Morgan fingerprint density at radius 1 is 1.44 bits per heavy atom. The molecule has 0 aromatic carbocycles. The number of rotatable bonds is 2. The molecule has 1 aliphatic heterocycles. The third-order valence-corrected chi connectivity index (χ3v) is 3.50. The Kier molecular flexibility index (Phi) is 2.99. The van der Waals surface area contributed by atoms with Gasteiger partial charge in [0.25, 0.3) is 5.91 Å². The van der Waals surface area contributed by atoms with Crippen LogP contribution in [-0.2, 0) is 17.8 Å². The van der Waals surface area contributed by atoms with E-state index in [1.807, 2.05) is 0 Å². The Balaban J connectivity index is 1.77. The van der Waals surface area contributed by atoms with E-state index >= 15 is 0 Å². The fraction of sp³-hybridized carbons (Fsp3) is 0.273. The molecule has 3 rings (SSSR count). The minimum absolute atomic E-state index is 0.280. The average molecular weight is 262 g/mol. The first-order chi connectivity index (χ1) is 8.83. The third kappa shape index (κ3) is 2.22. The molecule has 1 amide bonds. The molecule has 0 saturated heterocycles. The number of ether oxygens (including phenoxy) is 1. The Morgan fingerprint density at radius 3 is 3.17 bits per heavy atom. The zero-order valence-corrected chi connectivity index (χ0v) is 10.2. The lowest BCUT2D eigenvalue weighted by Gasteiger charge is -2.08. The van der Waals surface area contributed by atoms with Gasteiger partial charge in [0.1, 0.15) is 5.69 Å². The van der Waals surface area contributed by atoms with E-state index in [1.165, 1.54) is 29.9 Å². The molecular weight excluding hydrogens is 252 g/mol. The number of aromatic nitrogens is 3. The van der Waals surface area contributed by atoms with Crippen molar-refractivity contribution in [1.82, 2.24) is 15.0 Å². The zero-order valence-electron chi connectivity index (χ0n) is 9.42. The van der Waals surface area contributed by atoms with Crippen LogP contribution in [0.3, 0.4) is 0 Å². The van der Waals surface area contributed by atoms with Crippen molar-refractivity contribution >= 4 is 22.4 Å². The van der Waals surface area contributed by atoms with Gasteiger partial charge in [-0.2, -0.15) is 0 Å². The van der Waals surface area contributed by atoms with Crippen molar-refractivity contribution < 1.29 is 9.53 Å². The number of nitrogens with zero attached hydrogens (tertiary/aromatic N) is 3. The Labute approximate surface area is 107 Å². The molecule has 6 nitrogen and oxygen atoms in total. The summed E-state index contributed by atoms with van der Waals surface area (Å²) in [6, 6.07) is 0. The molecule has 0 fully saturated rings. The molecule has 0 spiro atoms. The number of hydrogen-bond acceptors (Lipinski definition) is 6. The van der Waals surface area contributed by atoms with Gasteiger partial charge < -0.3 is 4.74 Å². The van der Waals surface area contributed by atoms with E-state index in [0.29, 0.717) is 18.3 Å². The smallest absolute Gasteiger partial charge is 0.277 e. The summed E-state index contributed by atoms with van der Waals surface area (Å²) in [6.45, 7) is 1.27. The van der Waals surface area contributed by atoms with Crippen LogP contribution < -0.4 is 5.32 Å². The van der Waals surface area contributed by atoms with Crippen LogP contribution in [0.25, 0.3) is 0 Å². The number of amides is 1. The number of anilines is 1. The van der Waals surface area contributed by atoms with Crippen molar-refractivity contribution in [1.29, 1.82) is 0 Å². The molecule has 92 valence electrons. The fourth-order valence-corrected chi connectivity index (χ4v) is 2.60. The highest BCUT2D eigenvalue weighted by atomic mass is 32.1. The highest BCUT2D eigenvalue weighted by Gasteiger charge is 2.17. The predicted molar refractivity (Wildman–Crippen MR) is 65.5 cm³/mol. The molecule has 0 bridgehead atoms. The minimum Gasteiger partial charge on any atom is -0.375 e. The molecule has 2 aromatic heterocycles. The fourth-order valence-electron chi connectivity index (χ4n) is 1.66. The van der Waals surface area contributed by atoms with Crippen molar-refractivity contribution in [3.63, 3.8) is 0 Å². The summed E-state index contributed by atoms with van der Waals surface area (Å²) >= 11 is 1.44. The van der Waals surface area contributed by atoms with Gasteiger partial charge in [0.2, 0.25) is 0 Å². The highest BCUT2D eigenvalue weighted by molar-refractivity contribution is 7.15. The van der Waals surface area contributed by atoms with Crippen LogP contribution >= 0.6 is 11.3 Å². The summed E-state index contributed by atoms with van der Waals surface area (Å²) < 4.78 is 5.33.